The van der Waals surface area contributed by atoms with E-state index in [1.165, 1.54) is 41.5 Å². The van der Waals surface area contributed by atoms with Crippen LogP contribution in [0.1, 0.15) is 48.8 Å². The number of benzene rings is 1. The minimum Gasteiger partial charge on any atom is -0.294 e. The molecule has 0 radical (unpaired) electrons. The summed E-state index contributed by atoms with van der Waals surface area (Å²) in [7, 11) is 0. The van der Waals surface area contributed by atoms with Gasteiger partial charge in [-0.1, -0.05) is 35.8 Å². The molecule has 0 atom stereocenters. The minimum absolute atomic E-state index is 0.264. The average Bonchev–Trinajstić information content (AvgIpc) is 2.35. The Morgan fingerprint density at radius 2 is 1.89 bits per heavy atom. The Labute approximate surface area is 110 Å². The molecule has 1 aromatic rings. The molecule has 0 aliphatic heterocycles. The zero-order valence-corrected chi connectivity index (χ0v) is 11.5. The lowest BCUT2D eigenvalue weighted by Gasteiger charge is -2.13. The lowest BCUT2D eigenvalue weighted by Crippen LogP contribution is -2.04. The topological polar surface area (TPSA) is 17.1 Å². The number of ketones is 1. The van der Waals surface area contributed by atoms with Gasteiger partial charge in [-0.15, -0.1) is 0 Å². The molecule has 0 bridgehead atoms. The number of hydrogen-bond acceptors (Lipinski definition) is 1. The van der Waals surface area contributed by atoms with Crippen LogP contribution in [0.2, 0.25) is 0 Å². The van der Waals surface area contributed by atoms with E-state index in [2.05, 4.69) is 32.0 Å². The number of rotatable bonds is 3. The fourth-order valence-electron chi connectivity index (χ4n) is 2.61. The first-order chi connectivity index (χ1) is 8.65. The van der Waals surface area contributed by atoms with Gasteiger partial charge in [0.05, 0.1) is 0 Å². The maximum Gasteiger partial charge on any atom is 0.160 e. The number of carbonyl (C=O) groups is 1. The minimum atomic E-state index is 0.264. The Hall–Kier alpha value is -1.37. The van der Waals surface area contributed by atoms with Crippen LogP contribution in [0.15, 0.2) is 29.8 Å². The van der Waals surface area contributed by atoms with E-state index in [1.54, 1.807) is 0 Å². The quantitative estimate of drug-likeness (QED) is 0.722. The normalized spacial score (nSPS) is 15.6. The van der Waals surface area contributed by atoms with E-state index in [1.807, 2.05) is 6.08 Å². The van der Waals surface area contributed by atoms with E-state index in [0.717, 1.165) is 12.8 Å². The second-order valence-electron chi connectivity index (χ2n) is 5.44. The highest BCUT2D eigenvalue weighted by molar-refractivity contribution is 5.92. The summed E-state index contributed by atoms with van der Waals surface area (Å²) in [5.41, 5.74) is 4.98. The molecule has 1 heteroatoms. The summed E-state index contributed by atoms with van der Waals surface area (Å²) in [5, 5.41) is 0. The highest BCUT2D eigenvalue weighted by Crippen LogP contribution is 2.23. The largest absolute Gasteiger partial charge is 0.294 e. The number of aryl methyl sites for hydroxylation is 2. The Kier molecular flexibility index (Phi) is 4.35. The Morgan fingerprint density at radius 1 is 1.17 bits per heavy atom. The monoisotopic (exact) mass is 242 g/mol. The van der Waals surface area contributed by atoms with Crippen molar-refractivity contribution in [1.29, 1.82) is 0 Å². The molecule has 0 spiro atoms. The van der Waals surface area contributed by atoms with Gasteiger partial charge in [-0.05, 0) is 56.7 Å². The van der Waals surface area contributed by atoms with Crippen molar-refractivity contribution in [2.75, 3.05) is 0 Å². The van der Waals surface area contributed by atoms with E-state index >= 15 is 0 Å². The smallest absolute Gasteiger partial charge is 0.160 e. The van der Waals surface area contributed by atoms with Gasteiger partial charge in [0, 0.05) is 6.42 Å². The molecule has 0 amide bonds. The average molecular weight is 242 g/mol. The molecule has 0 unspecified atom stereocenters. The molecule has 18 heavy (non-hydrogen) atoms. The zero-order valence-electron chi connectivity index (χ0n) is 11.5. The molecule has 1 aliphatic carbocycles. The zero-order chi connectivity index (χ0) is 13.0. The van der Waals surface area contributed by atoms with E-state index < -0.39 is 0 Å². The van der Waals surface area contributed by atoms with Gasteiger partial charge in [0.2, 0.25) is 0 Å². The third-order valence-corrected chi connectivity index (χ3v) is 3.73. The number of allylic oxidation sites excluding steroid dienone is 2. The number of carbonyl (C=O) groups excluding carboxylic acids is 1. The molecule has 0 N–H and O–H groups in total. The van der Waals surface area contributed by atoms with Crippen molar-refractivity contribution in [2.45, 2.75) is 52.4 Å². The molecular formula is C17H22O. The van der Waals surface area contributed by atoms with Crippen LogP contribution in [0.3, 0.4) is 0 Å². The molecule has 96 valence electrons. The standard InChI is InChI=1S/C17H22O/c1-13-8-9-14(2)16(10-13)12-17(18)11-15-6-4-3-5-7-15/h8-11H,3-7,12H2,1-2H3. The molecule has 1 nitrogen and oxygen atoms in total. The lowest BCUT2D eigenvalue weighted by atomic mass is 9.93. The fourth-order valence-corrected chi connectivity index (χ4v) is 2.61. The van der Waals surface area contributed by atoms with Crippen LogP contribution in [-0.4, -0.2) is 5.78 Å². The third kappa shape index (κ3) is 3.56. The van der Waals surface area contributed by atoms with E-state index in [4.69, 9.17) is 0 Å². The molecule has 0 saturated heterocycles. The molecule has 2 rings (SSSR count). The van der Waals surface area contributed by atoms with Gasteiger partial charge in [-0.25, -0.2) is 0 Å². The van der Waals surface area contributed by atoms with Crippen LogP contribution in [0.4, 0.5) is 0 Å². The molecule has 1 fully saturated rings. The van der Waals surface area contributed by atoms with Gasteiger partial charge in [-0.3, -0.25) is 4.79 Å². The first-order valence-electron chi connectivity index (χ1n) is 6.93. The summed E-state index contributed by atoms with van der Waals surface area (Å²) >= 11 is 0. The second-order valence-corrected chi connectivity index (χ2v) is 5.44. The Balaban J connectivity index is 2.04. The fraction of sp³-hybridized carbons (Fsp3) is 0.471. The van der Waals surface area contributed by atoms with Crippen molar-refractivity contribution < 1.29 is 4.79 Å². The molecule has 1 saturated carbocycles. The van der Waals surface area contributed by atoms with Crippen molar-refractivity contribution >= 4 is 5.78 Å². The highest BCUT2D eigenvalue weighted by atomic mass is 16.1. The van der Waals surface area contributed by atoms with E-state index in [-0.39, 0.29) is 5.78 Å². The molecular weight excluding hydrogens is 220 g/mol. The highest BCUT2D eigenvalue weighted by Gasteiger charge is 2.09. The van der Waals surface area contributed by atoms with Crippen molar-refractivity contribution in [3.8, 4) is 0 Å². The Bertz CT molecular complexity index is 460. The Morgan fingerprint density at radius 3 is 2.61 bits per heavy atom. The SMILES string of the molecule is Cc1ccc(C)c(CC(=O)C=C2CCCCC2)c1. The van der Waals surface area contributed by atoms with Gasteiger partial charge < -0.3 is 0 Å². The van der Waals surface area contributed by atoms with Gasteiger partial charge >= 0.3 is 0 Å². The summed E-state index contributed by atoms with van der Waals surface area (Å²) in [5.74, 6) is 0.264. The van der Waals surface area contributed by atoms with Crippen LogP contribution >= 0.6 is 0 Å². The van der Waals surface area contributed by atoms with Crippen molar-refractivity contribution in [2.24, 2.45) is 0 Å². The summed E-state index contributed by atoms with van der Waals surface area (Å²) in [6.07, 6.45) is 8.53. The molecule has 0 heterocycles. The van der Waals surface area contributed by atoms with Crippen molar-refractivity contribution in [3.63, 3.8) is 0 Å². The molecule has 0 aromatic heterocycles. The van der Waals surface area contributed by atoms with E-state index in [9.17, 15) is 4.79 Å². The van der Waals surface area contributed by atoms with Crippen LogP contribution in [-0.2, 0) is 11.2 Å². The van der Waals surface area contributed by atoms with E-state index in [0.29, 0.717) is 6.42 Å². The van der Waals surface area contributed by atoms with Gasteiger partial charge in [-0.2, -0.15) is 0 Å². The third-order valence-electron chi connectivity index (χ3n) is 3.73. The molecule has 1 aliphatic rings. The van der Waals surface area contributed by atoms with Gasteiger partial charge in [0.1, 0.15) is 0 Å². The van der Waals surface area contributed by atoms with Gasteiger partial charge in [0.25, 0.3) is 0 Å². The number of hydrogen-bond donors (Lipinski definition) is 0. The first kappa shape index (κ1) is 13.1. The second kappa shape index (κ2) is 5.99. The van der Waals surface area contributed by atoms with Crippen molar-refractivity contribution in [1.82, 2.24) is 0 Å². The van der Waals surface area contributed by atoms with Crippen molar-refractivity contribution in [3.05, 3.63) is 46.5 Å². The molecule has 1 aromatic carbocycles. The van der Waals surface area contributed by atoms with Crippen LogP contribution in [0.5, 0.6) is 0 Å². The summed E-state index contributed by atoms with van der Waals surface area (Å²) in [6, 6.07) is 6.33. The predicted octanol–water partition coefficient (Wildman–Crippen LogP) is 4.31. The first-order valence-corrected chi connectivity index (χ1v) is 6.93. The van der Waals surface area contributed by atoms with Crippen LogP contribution < -0.4 is 0 Å². The summed E-state index contributed by atoms with van der Waals surface area (Å²) < 4.78 is 0. The van der Waals surface area contributed by atoms with Crippen LogP contribution in [0, 0.1) is 13.8 Å². The van der Waals surface area contributed by atoms with Gasteiger partial charge in [0.15, 0.2) is 5.78 Å². The van der Waals surface area contributed by atoms with Crippen LogP contribution in [0.25, 0.3) is 0 Å². The maximum atomic E-state index is 12.1. The maximum absolute atomic E-state index is 12.1. The summed E-state index contributed by atoms with van der Waals surface area (Å²) in [4.78, 5) is 12.1. The lowest BCUT2D eigenvalue weighted by molar-refractivity contribution is -0.114. The predicted molar refractivity (Wildman–Crippen MR) is 75.8 cm³/mol. The summed E-state index contributed by atoms with van der Waals surface area (Å²) in [6.45, 7) is 4.16.